The third-order valence-electron chi connectivity index (χ3n) is 3.54. The van der Waals surface area contributed by atoms with E-state index in [0.29, 0.717) is 23.7 Å². The van der Waals surface area contributed by atoms with Crippen LogP contribution in [0.25, 0.3) is 10.6 Å². The molecule has 1 aromatic heterocycles. The van der Waals surface area contributed by atoms with Gasteiger partial charge in [0.05, 0.1) is 6.61 Å². The summed E-state index contributed by atoms with van der Waals surface area (Å²) in [6.45, 7) is 2.54. The van der Waals surface area contributed by atoms with E-state index in [0.717, 1.165) is 16.3 Å². The minimum absolute atomic E-state index is 0.317. The fourth-order valence-electron chi connectivity index (χ4n) is 2.38. The standard InChI is InChI=1S/C19H18N4O3S/c1-2-26-15-8-6-12(7-9-15)18-23-16(11-27-18)17(24)21-13-4-3-5-14(10-13)22-19(20)25/h3-11H,2H2,1H3,(H,21,24)(H3,20,22,25). The Morgan fingerprint density at radius 1 is 1.11 bits per heavy atom. The summed E-state index contributed by atoms with van der Waals surface area (Å²) in [5.74, 6) is 0.458. The van der Waals surface area contributed by atoms with Crippen LogP contribution in [0.4, 0.5) is 16.2 Å². The van der Waals surface area contributed by atoms with Crippen LogP contribution in [0.2, 0.25) is 0 Å². The molecular weight excluding hydrogens is 364 g/mol. The molecule has 0 aliphatic heterocycles. The van der Waals surface area contributed by atoms with Crippen LogP contribution in [0.15, 0.2) is 53.9 Å². The number of carbonyl (C=O) groups is 2. The molecule has 0 fully saturated rings. The highest BCUT2D eigenvalue weighted by molar-refractivity contribution is 7.13. The van der Waals surface area contributed by atoms with Crippen LogP contribution < -0.4 is 21.1 Å². The van der Waals surface area contributed by atoms with Crippen molar-refractivity contribution in [3.05, 3.63) is 59.6 Å². The number of rotatable bonds is 6. The lowest BCUT2D eigenvalue weighted by atomic mass is 10.2. The maximum Gasteiger partial charge on any atom is 0.316 e. The van der Waals surface area contributed by atoms with Crippen molar-refractivity contribution < 1.29 is 14.3 Å². The molecule has 138 valence electrons. The molecule has 3 aromatic rings. The van der Waals surface area contributed by atoms with Crippen LogP contribution in [0.5, 0.6) is 5.75 Å². The molecule has 8 heteroatoms. The Morgan fingerprint density at radius 2 is 1.81 bits per heavy atom. The van der Waals surface area contributed by atoms with Gasteiger partial charge in [0.15, 0.2) is 0 Å². The molecule has 0 saturated heterocycles. The summed E-state index contributed by atoms with van der Waals surface area (Å²) in [6.07, 6.45) is 0. The molecule has 4 N–H and O–H groups in total. The predicted molar refractivity (Wildman–Crippen MR) is 106 cm³/mol. The first-order valence-electron chi connectivity index (χ1n) is 8.22. The van der Waals surface area contributed by atoms with Crippen molar-refractivity contribution in [3.63, 3.8) is 0 Å². The highest BCUT2D eigenvalue weighted by atomic mass is 32.1. The van der Waals surface area contributed by atoms with E-state index in [9.17, 15) is 9.59 Å². The third-order valence-corrected chi connectivity index (χ3v) is 4.43. The SMILES string of the molecule is CCOc1ccc(-c2nc(C(=O)Nc3cccc(NC(N)=O)c3)cs2)cc1. The number of urea groups is 1. The van der Waals surface area contributed by atoms with E-state index in [1.165, 1.54) is 11.3 Å². The monoisotopic (exact) mass is 382 g/mol. The maximum atomic E-state index is 12.4. The van der Waals surface area contributed by atoms with Gasteiger partial charge >= 0.3 is 6.03 Å². The Morgan fingerprint density at radius 3 is 2.48 bits per heavy atom. The summed E-state index contributed by atoms with van der Waals surface area (Å²) in [4.78, 5) is 27.8. The normalized spacial score (nSPS) is 10.3. The van der Waals surface area contributed by atoms with Crippen molar-refractivity contribution in [2.24, 2.45) is 5.73 Å². The van der Waals surface area contributed by atoms with Gasteiger partial charge in [-0.2, -0.15) is 0 Å². The van der Waals surface area contributed by atoms with E-state index in [4.69, 9.17) is 10.5 Å². The zero-order valence-corrected chi connectivity index (χ0v) is 15.4. The number of hydrogen-bond acceptors (Lipinski definition) is 5. The number of hydrogen-bond donors (Lipinski definition) is 3. The number of amides is 3. The smallest absolute Gasteiger partial charge is 0.316 e. The van der Waals surface area contributed by atoms with Crippen molar-refractivity contribution in [1.29, 1.82) is 0 Å². The first-order valence-corrected chi connectivity index (χ1v) is 9.09. The van der Waals surface area contributed by atoms with Crippen LogP contribution in [0.3, 0.4) is 0 Å². The number of anilines is 2. The molecular formula is C19H18N4O3S. The number of carbonyl (C=O) groups excluding carboxylic acids is 2. The number of primary amides is 1. The highest BCUT2D eigenvalue weighted by Crippen LogP contribution is 2.26. The predicted octanol–water partition coefficient (Wildman–Crippen LogP) is 3.95. The van der Waals surface area contributed by atoms with E-state index >= 15 is 0 Å². The van der Waals surface area contributed by atoms with Crippen LogP contribution in [0, 0.1) is 0 Å². The number of ether oxygens (including phenoxy) is 1. The molecule has 0 atom stereocenters. The summed E-state index contributed by atoms with van der Waals surface area (Å²) in [5, 5.41) is 7.66. The Balaban J connectivity index is 1.70. The largest absolute Gasteiger partial charge is 0.494 e. The van der Waals surface area contributed by atoms with E-state index in [1.54, 1.807) is 29.6 Å². The Kier molecular flexibility index (Phi) is 5.68. The minimum Gasteiger partial charge on any atom is -0.494 e. The van der Waals surface area contributed by atoms with Crippen LogP contribution in [-0.4, -0.2) is 23.5 Å². The van der Waals surface area contributed by atoms with Crippen molar-refractivity contribution in [3.8, 4) is 16.3 Å². The molecule has 0 saturated carbocycles. The van der Waals surface area contributed by atoms with Gasteiger partial charge in [-0.05, 0) is 49.4 Å². The van der Waals surface area contributed by atoms with E-state index in [2.05, 4.69) is 15.6 Å². The first-order chi connectivity index (χ1) is 13.0. The lowest BCUT2D eigenvalue weighted by Gasteiger charge is -2.06. The van der Waals surface area contributed by atoms with Crippen molar-refractivity contribution in [2.45, 2.75) is 6.92 Å². The average Bonchev–Trinajstić information content (AvgIpc) is 3.13. The van der Waals surface area contributed by atoms with Gasteiger partial charge in [0, 0.05) is 22.3 Å². The topological polar surface area (TPSA) is 106 Å². The summed E-state index contributed by atoms with van der Waals surface area (Å²) >= 11 is 1.39. The van der Waals surface area contributed by atoms with Gasteiger partial charge < -0.3 is 21.1 Å². The molecule has 0 unspecified atom stereocenters. The van der Waals surface area contributed by atoms with Crippen LogP contribution >= 0.6 is 11.3 Å². The van der Waals surface area contributed by atoms with Gasteiger partial charge in [-0.25, -0.2) is 9.78 Å². The van der Waals surface area contributed by atoms with Crippen LogP contribution in [0.1, 0.15) is 17.4 Å². The lowest BCUT2D eigenvalue weighted by molar-refractivity contribution is 0.102. The highest BCUT2D eigenvalue weighted by Gasteiger charge is 2.12. The van der Waals surface area contributed by atoms with E-state index in [1.807, 2.05) is 31.2 Å². The minimum atomic E-state index is -0.669. The number of nitrogens with zero attached hydrogens (tertiary/aromatic N) is 1. The quantitative estimate of drug-likeness (QED) is 0.600. The van der Waals surface area contributed by atoms with Gasteiger partial charge in [0.1, 0.15) is 16.5 Å². The number of nitrogens with one attached hydrogen (secondary N) is 2. The molecule has 0 aliphatic carbocycles. The number of aromatic nitrogens is 1. The van der Waals surface area contributed by atoms with Gasteiger partial charge in [-0.15, -0.1) is 11.3 Å². The second kappa shape index (κ2) is 8.33. The van der Waals surface area contributed by atoms with E-state index < -0.39 is 6.03 Å². The molecule has 1 heterocycles. The summed E-state index contributed by atoms with van der Waals surface area (Å²) in [5.41, 5.74) is 7.35. The zero-order chi connectivity index (χ0) is 19.2. The third kappa shape index (κ3) is 4.83. The second-order valence-corrected chi connectivity index (χ2v) is 6.38. The summed E-state index contributed by atoms with van der Waals surface area (Å²) in [6, 6.07) is 13.6. The second-order valence-electron chi connectivity index (χ2n) is 5.52. The molecule has 3 amide bonds. The average molecular weight is 382 g/mol. The lowest BCUT2D eigenvalue weighted by Crippen LogP contribution is -2.19. The molecule has 2 aromatic carbocycles. The fraction of sp³-hybridized carbons (Fsp3) is 0.105. The zero-order valence-electron chi connectivity index (χ0n) is 14.6. The van der Waals surface area contributed by atoms with Gasteiger partial charge in [0.25, 0.3) is 5.91 Å². The molecule has 0 radical (unpaired) electrons. The summed E-state index contributed by atoms with van der Waals surface area (Å²) in [7, 11) is 0. The summed E-state index contributed by atoms with van der Waals surface area (Å²) < 4.78 is 5.43. The molecule has 27 heavy (non-hydrogen) atoms. The Labute approximate surface area is 160 Å². The van der Waals surface area contributed by atoms with Crippen LogP contribution in [-0.2, 0) is 0 Å². The maximum absolute atomic E-state index is 12.4. The fourth-order valence-corrected chi connectivity index (χ4v) is 3.19. The molecule has 0 spiro atoms. The Bertz CT molecular complexity index is 954. The first kappa shape index (κ1) is 18.4. The van der Waals surface area contributed by atoms with Gasteiger partial charge in [0.2, 0.25) is 0 Å². The van der Waals surface area contributed by atoms with Gasteiger partial charge in [-0.3, -0.25) is 4.79 Å². The molecule has 3 rings (SSSR count). The number of nitrogens with two attached hydrogens (primary N) is 1. The number of thiazole rings is 1. The van der Waals surface area contributed by atoms with Crippen molar-refractivity contribution in [2.75, 3.05) is 17.2 Å². The molecule has 0 bridgehead atoms. The van der Waals surface area contributed by atoms with E-state index in [-0.39, 0.29) is 5.91 Å². The Hall–Kier alpha value is -3.39. The molecule has 7 nitrogen and oxygen atoms in total. The van der Waals surface area contributed by atoms with Crippen molar-refractivity contribution in [1.82, 2.24) is 4.98 Å². The number of benzene rings is 2. The van der Waals surface area contributed by atoms with Crippen molar-refractivity contribution >= 4 is 34.6 Å². The molecule has 0 aliphatic rings. The van der Waals surface area contributed by atoms with Gasteiger partial charge in [-0.1, -0.05) is 6.07 Å².